The van der Waals surface area contributed by atoms with Gasteiger partial charge in [-0.25, -0.2) is 0 Å². The molecule has 3 nitrogen and oxygen atoms in total. The molecule has 2 rings (SSSR count). The molecule has 3 N–H and O–H groups in total. The highest BCUT2D eigenvalue weighted by Gasteiger charge is 2.10. The van der Waals surface area contributed by atoms with Gasteiger partial charge in [0, 0.05) is 11.1 Å². The van der Waals surface area contributed by atoms with E-state index in [0.717, 1.165) is 29.2 Å². The van der Waals surface area contributed by atoms with Gasteiger partial charge in [0.2, 0.25) is 0 Å². The lowest BCUT2D eigenvalue weighted by Gasteiger charge is -2.16. The average molecular weight is 291 g/mol. The predicted molar refractivity (Wildman–Crippen MR) is 82.8 cm³/mol. The molecule has 106 valence electrons. The molecule has 0 heterocycles. The highest BCUT2D eigenvalue weighted by Crippen LogP contribution is 2.22. The molecule has 0 saturated carbocycles. The van der Waals surface area contributed by atoms with Crippen molar-refractivity contribution in [1.29, 1.82) is 0 Å². The molecule has 0 aliphatic rings. The fourth-order valence-corrected chi connectivity index (χ4v) is 2.37. The van der Waals surface area contributed by atoms with Crippen LogP contribution in [0, 0.1) is 0 Å². The Labute approximate surface area is 124 Å². The zero-order chi connectivity index (χ0) is 14.4. The predicted octanol–water partition coefficient (Wildman–Crippen LogP) is 3.49. The van der Waals surface area contributed by atoms with Crippen molar-refractivity contribution < 1.29 is 4.74 Å². The second-order valence-electron chi connectivity index (χ2n) is 4.66. The molecule has 0 aliphatic heterocycles. The quantitative estimate of drug-likeness (QED) is 0.632. The van der Waals surface area contributed by atoms with E-state index >= 15 is 0 Å². The summed E-state index contributed by atoms with van der Waals surface area (Å²) in [5, 5.41) is 0.729. The van der Waals surface area contributed by atoms with Crippen molar-refractivity contribution in [1.82, 2.24) is 5.43 Å². The number of rotatable bonds is 6. The molecule has 0 aromatic heterocycles. The maximum Gasteiger partial charge on any atom is 0.118 e. The molecule has 0 saturated heterocycles. The number of nitrogens with two attached hydrogens (primary N) is 1. The summed E-state index contributed by atoms with van der Waals surface area (Å²) in [5.74, 6) is 6.52. The van der Waals surface area contributed by atoms with Gasteiger partial charge in [-0.3, -0.25) is 11.3 Å². The Kier molecular flexibility index (Phi) is 5.41. The van der Waals surface area contributed by atoms with Crippen LogP contribution in [0.1, 0.15) is 23.6 Å². The first-order valence-corrected chi connectivity index (χ1v) is 6.95. The highest BCUT2D eigenvalue weighted by atomic mass is 35.5. The van der Waals surface area contributed by atoms with Gasteiger partial charge in [0.05, 0.1) is 7.11 Å². The Morgan fingerprint density at radius 2 is 1.95 bits per heavy atom. The normalized spacial score (nSPS) is 12.2. The maximum atomic E-state index is 6.01. The molecular weight excluding hydrogens is 272 g/mol. The number of benzene rings is 2. The molecule has 1 unspecified atom stereocenters. The van der Waals surface area contributed by atoms with Gasteiger partial charge in [0.15, 0.2) is 0 Å². The molecule has 20 heavy (non-hydrogen) atoms. The van der Waals surface area contributed by atoms with Crippen LogP contribution in [-0.2, 0) is 6.42 Å². The van der Waals surface area contributed by atoms with Crippen molar-refractivity contribution in [3.8, 4) is 5.75 Å². The van der Waals surface area contributed by atoms with E-state index in [2.05, 4.69) is 17.6 Å². The molecule has 2 aromatic rings. The second kappa shape index (κ2) is 7.29. The summed E-state index contributed by atoms with van der Waals surface area (Å²) < 4.78 is 5.15. The minimum atomic E-state index is 0.0933. The van der Waals surface area contributed by atoms with E-state index in [0.29, 0.717) is 0 Å². The Bertz CT molecular complexity index is 542. The van der Waals surface area contributed by atoms with Gasteiger partial charge in [0.1, 0.15) is 5.75 Å². The summed E-state index contributed by atoms with van der Waals surface area (Å²) in [6.07, 6.45) is 1.84. The van der Waals surface area contributed by atoms with Gasteiger partial charge in [0.25, 0.3) is 0 Å². The van der Waals surface area contributed by atoms with Crippen molar-refractivity contribution in [2.45, 2.75) is 18.9 Å². The van der Waals surface area contributed by atoms with E-state index in [9.17, 15) is 0 Å². The number of methoxy groups -OCH3 is 1. The summed E-state index contributed by atoms with van der Waals surface area (Å²) in [6.45, 7) is 0. The van der Waals surface area contributed by atoms with Crippen LogP contribution in [0.2, 0.25) is 5.02 Å². The third-order valence-corrected chi connectivity index (χ3v) is 3.57. The fraction of sp³-hybridized carbons (Fsp3) is 0.250. The number of hydrazine groups is 1. The minimum absolute atomic E-state index is 0.0933. The zero-order valence-corrected chi connectivity index (χ0v) is 12.2. The molecular formula is C16H19ClN2O. The van der Waals surface area contributed by atoms with E-state index in [1.165, 1.54) is 5.56 Å². The first-order valence-electron chi connectivity index (χ1n) is 6.57. The molecule has 0 fully saturated rings. The zero-order valence-electron chi connectivity index (χ0n) is 11.5. The van der Waals surface area contributed by atoms with Crippen molar-refractivity contribution in [2.75, 3.05) is 7.11 Å². The van der Waals surface area contributed by atoms with Crippen LogP contribution in [-0.4, -0.2) is 7.11 Å². The molecule has 2 aromatic carbocycles. The summed E-state index contributed by atoms with van der Waals surface area (Å²) >= 11 is 6.01. The van der Waals surface area contributed by atoms with Gasteiger partial charge >= 0.3 is 0 Å². The summed E-state index contributed by atoms with van der Waals surface area (Å²) in [5.41, 5.74) is 5.22. The number of nitrogens with one attached hydrogen (secondary N) is 1. The fourth-order valence-electron chi connectivity index (χ4n) is 2.17. The van der Waals surface area contributed by atoms with Crippen LogP contribution >= 0.6 is 11.6 Å². The van der Waals surface area contributed by atoms with Crippen LogP contribution in [0.4, 0.5) is 0 Å². The van der Waals surface area contributed by atoms with E-state index in [1.807, 2.05) is 36.4 Å². The number of aryl methyl sites for hydroxylation is 1. The Balaban J connectivity index is 1.99. The molecule has 0 radical (unpaired) electrons. The lowest BCUT2D eigenvalue weighted by Crippen LogP contribution is -2.28. The molecule has 1 atom stereocenters. The molecule has 0 aliphatic carbocycles. The number of hydrogen-bond acceptors (Lipinski definition) is 3. The third kappa shape index (κ3) is 3.97. The van der Waals surface area contributed by atoms with Crippen LogP contribution in [0.15, 0.2) is 48.5 Å². The van der Waals surface area contributed by atoms with Gasteiger partial charge < -0.3 is 4.74 Å². The summed E-state index contributed by atoms with van der Waals surface area (Å²) in [7, 11) is 1.67. The number of halogens is 1. The van der Waals surface area contributed by atoms with Crippen LogP contribution < -0.4 is 16.0 Å². The Morgan fingerprint density at radius 1 is 1.20 bits per heavy atom. The average Bonchev–Trinajstić information content (AvgIpc) is 2.48. The summed E-state index contributed by atoms with van der Waals surface area (Å²) in [6, 6.07) is 16.0. The van der Waals surface area contributed by atoms with Crippen molar-refractivity contribution in [2.24, 2.45) is 5.84 Å². The lowest BCUT2D eigenvalue weighted by molar-refractivity contribution is 0.414. The standard InChI is InChI=1S/C16H19ClN2O/c1-20-15-8-5-12(6-9-15)7-10-16(19-18)13-3-2-4-14(17)11-13/h2-6,8-9,11,16,19H,7,10,18H2,1H3. The van der Waals surface area contributed by atoms with E-state index < -0.39 is 0 Å². The smallest absolute Gasteiger partial charge is 0.118 e. The van der Waals surface area contributed by atoms with Gasteiger partial charge in [-0.15, -0.1) is 0 Å². The Morgan fingerprint density at radius 3 is 2.55 bits per heavy atom. The molecule has 0 spiro atoms. The van der Waals surface area contributed by atoms with Crippen molar-refractivity contribution >= 4 is 11.6 Å². The molecule has 4 heteroatoms. The van der Waals surface area contributed by atoms with E-state index in [-0.39, 0.29) is 6.04 Å². The van der Waals surface area contributed by atoms with E-state index in [4.69, 9.17) is 22.2 Å². The topological polar surface area (TPSA) is 47.3 Å². The van der Waals surface area contributed by atoms with Crippen LogP contribution in [0.25, 0.3) is 0 Å². The van der Waals surface area contributed by atoms with Crippen LogP contribution in [0.5, 0.6) is 5.75 Å². The van der Waals surface area contributed by atoms with Gasteiger partial charge in [-0.05, 0) is 48.2 Å². The first-order chi connectivity index (χ1) is 9.72. The number of hydrogen-bond donors (Lipinski definition) is 2. The maximum absolute atomic E-state index is 6.01. The lowest BCUT2D eigenvalue weighted by atomic mass is 9.99. The Hall–Kier alpha value is -1.55. The van der Waals surface area contributed by atoms with Crippen LogP contribution in [0.3, 0.4) is 0 Å². The summed E-state index contributed by atoms with van der Waals surface area (Å²) in [4.78, 5) is 0. The number of ether oxygens (including phenoxy) is 1. The second-order valence-corrected chi connectivity index (χ2v) is 5.10. The SMILES string of the molecule is COc1ccc(CCC(NN)c2cccc(Cl)c2)cc1. The largest absolute Gasteiger partial charge is 0.497 e. The minimum Gasteiger partial charge on any atom is -0.497 e. The first kappa shape index (κ1) is 14.9. The molecule has 0 amide bonds. The molecule has 0 bridgehead atoms. The van der Waals surface area contributed by atoms with Crippen molar-refractivity contribution in [3.63, 3.8) is 0 Å². The highest BCUT2D eigenvalue weighted by molar-refractivity contribution is 6.30. The van der Waals surface area contributed by atoms with Gasteiger partial charge in [-0.1, -0.05) is 35.9 Å². The monoisotopic (exact) mass is 290 g/mol. The van der Waals surface area contributed by atoms with Gasteiger partial charge in [-0.2, -0.15) is 0 Å². The third-order valence-electron chi connectivity index (χ3n) is 3.33. The van der Waals surface area contributed by atoms with E-state index in [1.54, 1.807) is 7.11 Å². The van der Waals surface area contributed by atoms with Crippen molar-refractivity contribution in [3.05, 3.63) is 64.7 Å².